The zero-order valence-corrected chi connectivity index (χ0v) is 11.8. The molecule has 0 spiro atoms. The number of sulfonamides is 1. The van der Waals surface area contributed by atoms with Crippen LogP contribution in [0, 0.1) is 11.8 Å². The third-order valence-corrected chi connectivity index (χ3v) is 6.13. The Labute approximate surface area is 110 Å². The molecule has 0 aromatic carbocycles. The molecule has 0 radical (unpaired) electrons. The summed E-state index contributed by atoms with van der Waals surface area (Å²) in [5.74, 6) is 0.609. The van der Waals surface area contributed by atoms with Gasteiger partial charge in [0, 0.05) is 13.1 Å². The van der Waals surface area contributed by atoms with Crippen molar-refractivity contribution in [2.45, 2.75) is 32.3 Å². The molecule has 2 N–H and O–H groups in total. The summed E-state index contributed by atoms with van der Waals surface area (Å²) in [6.07, 6.45) is 2.11. The summed E-state index contributed by atoms with van der Waals surface area (Å²) >= 11 is 0. The van der Waals surface area contributed by atoms with Gasteiger partial charge in [0.1, 0.15) is 0 Å². The molecule has 2 aliphatic rings. The molecule has 0 amide bonds. The number of hydrogen-bond donors (Lipinski definition) is 2. The van der Waals surface area contributed by atoms with Crippen LogP contribution in [0.1, 0.15) is 26.2 Å². The summed E-state index contributed by atoms with van der Waals surface area (Å²) in [5.41, 5.74) is 0. The number of nitrogens with zero attached hydrogens (tertiary/aromatic N) is 1. The first kappa shape index (κ1) is 14.2. The fraction of sp³-hybridized carbons (Fsp3) is 1.00. The molecule has 2 aliphatic heterocycles. The molecule has 106 valence electrons. The first-order chi connectivity index (χ1) is 8.49. The van der Waals surface area contributed by atoms with Crippen LogP contribution in [0.15, 0.2) is 0 Å². The summed E-state index contributed by atoms with van der Waals surface area (Å²) in [5, 5.41) is 12.9. The van der Waals surface area contributed by atoms with Crippen molar-refractivity contribution in [2.24, 2.45) is 11.8 Å². The number of aliphatic hydroxyl groups is 1. The Morgan fingerprint density at radius 1 is 1.28 bits per heavy atom. The first-order valence-corrected chi connectivity index (χ1v) is 8.46. The van der Waals surface area contributed by atoms with Crippen molar-refractivity contribution in [3.63, 3.8) is 0 Å². The van der Waals surface area contributed by atoms with Gasteiger partial charge in [-0.3, -0.25) is 0 Å². The fourth-order valence-corrected chi connectivity index (χ4v) is 4.78. The van der Waals surface area contributed by atoms with Crippen molar-refractivity contribution in [2.75, 3.05) is 31.9 Å². The maximum absolute atomic E-state index is 12.3. The van der Waals surface area contributed by atoms with E-state index in [1.807, 2.05) is 6.92 Å². The third kappa shape index (κ3) is 3.44. The van der Waals surface area contributed by atoms with Crippen molar-refractivity contribution in [3.8, 4) is 0 Å². The van der Waals surface area contributed by atoms with Gasteiger partial charge in [-0.05, 0) is 44.2 Å². The normalized spacial score (nSPS) is 32.6. The van der Waals surface area contributed by atoms with Crippen molar-refractivity contribution in [1.29, 1.82) is 0 Å². The lowest BCUT2D eigenvalue weighted by Gasteiger charge is -2.34. The lowest BCUT2D eigenvalue weighted by molar-refractivity contribution is 0.0627. The first-order valence-electron chi connectivity index (χ1n) is 6.85. The zero-order valence-electron chi connectivity index (χ0n) is 11.0. The van der Waals surface area contributed by atoms with Gasteiger partial charge in [-0.25, -0.2) is 12.7 Å². The third-order valence-electron chi connectivity index (χ3n) is 4.12. The van der Waals surface area contributed by atoms with Crippen molar-refractivity contribution < 1.29 is 13.5 Å². The van der Waals surface area contributed by atoms with Gasteiger partial charge < -0.3 is 10.4 Å². The SMILES string of the molecule is CC1CN(S(=O)(=O)CC2CCNCC2)CCC1O. The minimum absolute atomic E-state index is 0.0431. The minimum atomic E-state index is -3.14. The summed E-state index contributed by atoms with van der Waals surface area (Å²) in [6, 6.07) is 0. The van der Waals surface area contributed by atoms with Gasteiger partial charge in [0.25, 0.3) is 0 Å². The Morgan fingerprint density at radius 2 is 1.94 bits per heavy atom. The quantitative estimate of drug-likeness (QED) is 0.762. The van der Waals surface area contributed by atoms with Crippen LogP contribution in [-0.4, -0.2) is 55.9 Å². The molecule has 0 aromatic heterocycles. The molecule has 0 saturated carbocycles. The van der Waals surface area contributed by atoms with E-state index < -0.39 is 10.0 Å². The largest absolute Gasteiger partial charge is 0.393 e. The highest BCUT2D eigenvalue weighted by Gasteiger charge is 2.33. The smallest absolute Gasteiger partial charge is 0.214 e. The number of rotatable bonds is 3. The van der Waals surface area contributed by atoms with Crippen LogP contribution < -0.4 is 5.32 Å². The predicted octanol–water partition coefficient (Wildman–Crippen LogP) is 0.0185. The molecule has 5 nitrogen and oxygen atoms in total. The lowest BCUT2D eigenvalue weighted by Crippen LogP contribution is -2.47. The lowest BCUT2D eigenvalue weighted by atomic mass is 9.99. The second-order valence-corrected chi connectivity index (χ2v) is 7.68. The molecule has 2 rings (SSSR count). The van der Waals surface area contributed by atoms with Crippen molar-refractivity contribution in [1.82, 2.24) is 9.62 Å². The van der Waals surface area contributed by atoms with Gasteiger partial charge >= 0.3 is 0 Å². The van der Waals surface area contributed by atoms with Crippen LogP contribution in [0.25, 0.3) is 0 Å². The van der Waals surface area contributed by atoms with E-state index in [9.17, 15) is 13.5 Å². The molecule has 0 aliphatic carbocycles. The number of nitrogens with one attached hydrogen (secondary N) is 1. The Bertz CT molecular complexity index is 366. The highest BCUT2D eigenvalue weighted by Crippen LogP contribution is 2.22. The molecule has 2 unspecified atom stereocenters. The van der Waals surface area contributed by atoms with Gasteiger partial charge in [0.15, 0.2) is 0 Å². The number of aliphatic hydroxyl groups excluding tert-OH is 1. The fourth-order valence-electron chi connectivity index (χ4n) is 2.80. The number of hydrogen-bond acceptors (Lipinski definition) is 4. The minimum Gasteiger partial charge on any atom is -0.393 e. The van der Waals surface area contributed by atoms with Crippen molar-refractivity contribution in [3.05, 3.63) is 0 Å². The summed E-state index contributed by atoms with van der Waals surface area (Å²) in [7, 11) is -3.14. The maximum atomic E-state index is 12.3. The zero-order chi connectivity index (χ0) is 13.2. The Hall–Kier alpha value is -0.170. The van der Waals surface area contributed by atoms with E-state index in [0.29, 0.717) is 25.4 Å². The van der Waals surface area contributed by atoms with Gasteiger partial charge in [-0.15, -0.1) is 0 Å². The average Bonchev–Trinajstić information content (AvgIpc) is 2.33. The Kier molecular flexibility index (Phi) is 4.64. The van der Waals surface area contributed by atoms with Gasteiger partial charge in [-0.2, -0.15) is 0 Å². The van der Waals surface area contributed by atoms with Gasteiger partial charge in [0.2, 0.25) is 10.0 Å². The maximum Gasteiger partial charge on any atom is 0.214 e. The molecule has 0 aromatic rings. The average molecular weight is 276 g/mol. The van der Waals surface area contributed by atoms with E-state index in [1.165, 1.54) is 0 Å². The second-order valence-electron chi connectivity index (χ2n) is 5.66. The van der Waals surface area contributed by atoms with E-state index >= 15 is 0 Å². The second kappa shape index (κ2) is 5.86. The van der Waals surface area contributed by atoms with Gasteiger partial charge in [-0.1, -0.05) is 6.92 Å². The molecule has 0 bridgehead atoms. The van der Waals surface area contributed by atoms with Gasteiger partial charge in [0.05, 0.1) is 11.9 Å². The number of piperidine rings is 2. The molecule has 18 heavy (non-hydrogen) atoms. The highest BCUT2D eigenvalue weighted by molar-refractivity contribution is 7.89. The highest BCUT2D eigenvalue weighted by atomic mass is 32.2. The predicted molar refractivity (Wildman–Crippen MR) is 70.7 cm³/mol. The summed E-state index contributed by atoms with van der Waals surface area (Å²) in [6.45, 7) is 4.70. The van der Waals surface area contributed by atoms with E-state index in [-0.39, 0.29) is 17.8 Å². The monoisotopic (exact) mass is 276 g/mol. The van der Waals surface area contributed by atoms with Crippen LogP contribution in [-0.2, 0) is 10.0 Å². The molecular weight excluding hydrogens is 252 g/mol. The molecule has 6 heteroatoms. The van der Waals surface area contributed by atoms with Crippen LogP contribution in [0.3, 0.4) is 0 Å². The van der Waals surface area contributed by atoms with Crippen LogP contribution >= 0.6 is 0 Å². The summed E-state index contributed by atoms with van der Waals surface area (Å²) < 4.78 is 26.2. The van der Waals surface area contributed by atoms with E-state index in [4.69, 9.17) is 0 Å². The molecule has 2 fully saturated rings. The van der Waals surface area contributed by atoms with Crippen LogP contribution in [0.2, 0.25) is 0 Å². The molecule has 2 saturated heterocycles. The van der Waals surface area contributed by atoms with Crippen LogP contribution in [0.5, 0.6) is 0 Å². The van der Waals surface area contributed by atoms with Crippen LogP contribution in [0.4, 0.5) is 0 Å². The Balaban J connectivity index is 1.93. The molecule has 2 heterocycles. The standard InChI is InChI=1S/C12H24N2O3S/c1-10-8-14(7-4-12(10)15)18(16,17)9-11-2-5-13-6-3-11/h10-13,15H,2-9H2,1H3. The van der Waals surface area contributed by atoms with Crippen molar-refractivity contribution >= 4 is 10.0 Å². The topological polar surface area (TPSA) is 69.6 Å². The van der Waals surface area contributed by atoms with E-state index in [2.05, 4.69) is 5.32 Å². The molecule has 2 atom stereocenters. The Morgan fingerprint density at radius 3 is 2.56 bits per heavy atom. The van der Waals surface area contributed by atoms with E-state index in [1.54, 1.807) is 4.31 Å². The molecular formula is C12H24N2O3S. The summed E-state index contributed by atoms with van der Waals surface area (Å²) in [4.78, 5) is 0. The van der Waals surface area contributed by atoms with E-state index in [0.717, 1.165) is 25.9 Å².